The molecule has 0 aliphatic carbocycles. The molecule has 0 fully saturated rings. The number of hydrogen-bond acceptors (Lipinski definition) is 6. The van der Waals surface area contributed by atoms with Crippen LogP contribution in [-0.2, 0) is 9.84 Å². The number of nitrogens with two attached hydrogens (primary N) is 1. The number of aliphatic imine (C=N–C) groups is 1. The minimum Gasteiger partial charge on any atom is -0.497 e. The maximum atomic E-state index is 11.3. The van der Waals surface area contributed by atoms with Crippen molar-refractivity contribution in [2.45, 2.75) is 0 Å². The van der Waals surface area contributed by atoms with Gasteiger partial charge in [-0.2, -0.15) is 0 Å². The van der Waals surface area contributed by atoms with Gasteiger partial charge in [-0.05, 0) is 24.3 Å². The van der Waals surface area contributed by atoms with Gasteiger partial charge in [0, 0.05) is 0 Å². The number of amidine groups is 1. The van der Waals surface area contributed by atoms with Gasteiger partial charge in [-0.3, -0.25) is 0 Å². The fourth-order valence-corrected chi connectivity index (χ4v) is 2.21. The summed E-state index contributed by atoms with van der Waals surface area (Å²) in [5, 5.41) is 0.613. The van der Waals surface area contributed by atoms with Gasteiger partial charge in [0.15, 0.2) is 0 Å². The minimum absolute atomic E-state index is 0.0479. The van der Waals surface area contributed by atoms with Crippen molar-refractivity contribution in [1.29, 1.82) is 0 Å². The Morgan fingerprint density at radius 3 is 2.33 bits per heavy atom. The van der Waals surface area contributed by atoms with Crippen molar-refractivity contribution < 1.29 is 17.9 Å². The maximum absolute atomic E-state index is 11.3. The molecule has 0 aromatic heterocycles. The van der Waals surface area contributed by atoms with Gasteiger partial charge < -0.3 is 15.2 Å². The molecule has 18 heavy (non-hydrogen) atoms. The monoisotopic (exact) mass is 268 g/mol. The van der Waals surface area contributed by atoms with Crippen LogP contribution in [0.5, 0.6) is 11.5 Å². The third-order valence-electron chi connectivity index (χ3n) is 2.28. The molecule has 0 unspecified atom stereocenters. The molecule has 1 aromatic rings. The van der Waals surface area contributed by atoms with Gasteiger partial charge in [0.05, 0.1) is 18.2 Å². The molecule has 1 heterocycles. The van der Waals surface area contributed by atoms with Crippen LogP contribution in [0.1, 0.15) is 0 Å². The Bertz CT molecular complexity index is 602. The average molecular weight is 268 g/mol. The van der Waals surface area contributed by atoms with Gasteiger partial charge in [-0.25, -0.2) is 13.4 Å². The largest absolute Gasteiger partial charge is 0.497 e. The van der Waals surface area contributed by atoms with Gasteiger partial charge >= 0.3 is 0 Å². The van der Waals surface area contributed by atoms with Crippen LogP contribution >= 0.6 is 0 Å². The number of nitrogens with zero attached hydrogens (tertiary/aromatic N) is 1. The van der Waals surface area contributed by atoms with Crippen molar-refractivity contribution >= 4 is 15.0 Å². The molecular weight excluding hydrogens is 256 g/mol. The first-order valence-corrected chi connectivity index (χ1v) is 6.62. The van der Waals surface area contributed by atoms with Crippen LogP contribution in [0.15, 0.2) is 40.4 Å². The van der Waals surface area contributed by atoms with Crippen molar-refractivity contribution in [1.82, 2.24) is 0 Å². The molecule has 0 radical (unpaired) electrons. The lowest BCUT2D eigenvalue weighted by Gasteiger charge is -2.05. The van der Waals surface area contributed by atoms with E-state index < -0.39 is 15.0 Å². The predicted octanol–water partition coefficient (Wildman–Crippen LogP) is 0.659. The van der Waals surface area contributed by atoms with Crippen LogP contribution in [-0.4, -0.2) is 27.3 Å². The molecule has 0 saturated carbocycles. The molecule has 0 saturated heterocycles. The highest BCUT2D eigenvalue weighted by Crippen LogP contribution is 2.19. The highest BCUT2D eigenvalue weighted by Gasteiger charge is 2.21. The van der Waals surface area contributed by atoms with Gasteiger partial charge in [0.25, 0.3) is 0 Å². The Labute approximate surface area is 105 Å². The van der Waals surface area contributed by atoms with Gasteiger partial charge in [-0.1, -0.05) is 0 Å². The van der Waals surface area contributed by atoms with E-state index in [-0.39, 0.29) is 12.3 Å². The van der Waals surface area contributed by atoms with Crippen molar-refractivity contribution in [3.05, 3.63) is 35.4 Å². The highest BCUT2D eigenvalue weighted by molar-refractivity contribution is 8.09. The van der Waals surface area contributed by atoms with Crippen molar-refractivity contribution in [2.75, 3.05) is 13.7 Å². The van der Waals surface area contributed by atoms with Crippen LogP contribution in [0, 0.1) is 0 Å². The van der Waals surface area contributed by atoms with Crippen molar-refractivity contribution in [2.24, 2.45) is 10.7 Å². The zero-order valence-electron chi connectivity index (χ0n) is 9.66. The Morgan fingerprint density at radius 1 is 1.22 bits per heavy atom. The van der Waals surface area contributed by atoms with E-state index in [0.717, 1.165) is 5.41 Å². The molecular formula is C11H12N2O4S. The summed E-state index contributed by atoms with van der Waals surface area (Å²) in [6.45, 7) is 0.0479. The highest BCUT2D eigenvalue weighted by atomic mass is 32.2. The third kappa shape index (κ3) is 2.62. The van der Waals surface area contributed by atoms with Gasteiger partial charge in [0.1, 0.15) is 18.1 Å². The van der Waals surface area contributed by atoms with E-state index in [2.05, 4.69) is 4.99 Å². The first kappa shape index (κ1) is 12.4. The predicted molar refractivity (Wildman–Crippen MR) is 67.1 cm³/mol. The van der Waals surface area contributed by atoms with Crippen LogP contribution in [0.4, 0.5) is 0 Å². The summed E-state index contributed by atoms with van der Waals surface area (Å²) >= 11 is 0. The molecule has 1 aliphatic rings. The number of benzene rings is 1. The molecule has 6 nitrogen and oxygen atoms in total. The topological polar surface area (TPSA) is 91.0 Å². The first-order chi connectivity index (χ1) is 8.51. The summed E-state index contributed by atoms with van der Waals surface area (Å²) in [5.41, 5.74) is 5.53. The summed E-state index contributed by atoms with van der Waals surface area (Å²) in [6, 6.07) is 6.92. The number of methoxy groups -OCH3 is 1. The summed E-state index contributed by atoms with van der Waals surface area (Å²) in [7, 11) is -1.95. The second kappa shape index (κ2) is 4.69. The zero-order chi connectivity index (χ0) is 13.2. The minimum atomic E-state index is -3.52. The Hall–Kier alpha value is -2.02. The summed E-state index contributed by atoms with van der Waals surface area (Å²) in [6.07, 6.45) is 0. The molecule has 1 aromatic carbocycles. The number of rotatable bonds is 4. The Morgan fingerprint density at radius 2 is 1.83 bits per heavy atom. The molecule has 7 heteroatoms. The third-order valence-corrected chi connectivity index (χ3v) is 3.54. The molecule has 2 rings (SSSR count). The summed E-state index contributed by atoms with van der Waals surface area (Å²) < 4.78 is 32.9. The zero-order valence-corrected chi connectivity index (χ0v) is 10.5. The van der Waals surface area contributed by atoms with E-state index in [1.54, 1.807) is 31.4 Å². The van der Waals surface area contributed by atoms with Gasteiger partial charge in [-0.15, -0.1) is 0 Å². The van der Waals surface area contributed by atoms with E-state index in [9.17, 15) is 8.42 Å². The van der Waals surface area contributed by atoms with Crippen molar-refractivity contribution in [3.8, 4) is 11.5 Å². The van der Waals surface area contributed by atoms with Crippen molar-refractivity contribution in [3.63, 3.8) is 0 Å². The lowest BCUT2D eigenvalue weighted by molar-refractivity contribution is 0.349. The first-order valence-electron chi connectivity index (χ1n) is 5.08. The molecule has 0 atom stereocenters. The van der Waals surface area contributed by atoms with E-state index in [1.807, 2.05) is 0 Å². The summed E-state index contributed by atoms with van der Waals surface area (Å²) in [5.74, 6) is 1.31. The second-order valence-corrected chi connectivity index (χ2v) is 5.31. The van der Waals surface area contributed by atoms with Crippen LogP contribution in [0.25, 0.3) is 0 Å². The lowest BCUT2D eigenvalue weighted by Crippen LogP contribution is -2.18. The summed E-state index contributed by atoms with van der Waals surface area (Å²) in [4.78, 5) is 3.71. The smallest absolute Gasteiger partial charge is 0.234 e. The van der Waals surface area contributed by atoms with E-state index in [0.29, 0.717) is 11.5 Å². The standard InChI is InChI=1S/C11H12N2O4S/c1-16-9-2-4-10(5-3-9)17-6-8-7-18(14,15)11(12)13-8/h2-5,7H,6H2,1H3,(H2,12,13). The average Bonchev–Trinajstić information content (AvgIpc) is 2.61. The van der Waals surface area contributed by atoms with Crippen LogP contribution in [0.2, 0.25) is 0 Å². The fraction of sp³-hybridized carbons (Fsp3) is 0.182. The maximum Gasteiger partial charge on any atom is 0.234 e. The quantitative estimate of drug-likeness (QED) is 0.866. The van der Waals surface area contributed by atoms with E-state index >= 15 is 0 Å². The Kier molecular flexibility index (Phi) is 3.24. The van der Waals surface area contributed by atoms with Crippen LogP contribution in [0.3, 0.4) is 0 Å². The number of sulfone groups is 1. The number of ether oxygens (including phenoxy) is 2. The molecule has 2 N–H and O–H groups in total. The molecule has 96 valence electrons. The fourth-order valence-electron chi connectivity index (χ4n) is 1.37. The number of hydrogen-bond donors (Lipinski definition) is 1. The van der Waals surface area contributed by atoms with E-state index in [4.69, 9.17) is 15.2 Å². The van der Waals surface area contributed by atoms with Crippen LogP contribution < -0.4 is 15.2 Å². The molecule has 0 spiro atoms. The Balaban J connectivity index is 2.01. The SMILES string of the molecule is COc1ccc(OCC2=CS(=O)(=O)C(N)=N2)cc1. The molecule has 0 bridgehead atoms. The normalized spacial score (nSPS) is 16.9. The molecule has 1 aliphatic heterocycles. The van der Waals surface area contributed by atoms with Gasteiger partial charge in [0.2, 0.25) is 15.0 Å². The second-order valence-electron chi connectivity index (χ2n) is 3.57. The lowest BCUT2D eigenvalue weighted by atomic mass is 10.3. The molecule has 0 amide bonds. The van der Waals surface area contributed by atoms with E-state index in [1.165, 1.54) is 0 Å².